The second-order valence-electron chi connectivity index (χ2n) is 7.60. The molecule has 2 nitrogen and oxygen atoms in total. The second kappa shape index (κ2) is 10.0. The zero-order chi connectivity index (χ0) is 20.2. The molecule has 6 heteroatoms. The number of fused-ring (bicyclic) bond motifs is 8. The maximum Gasteiger partial charge on any atom is 0.0506 e. The molecule has 0 spiro atoms. The van der Waals surface area contributed by atoms with Crippen molar-refractivity contribution in [1.29, 1.82) is 0 Å². The number of aromatic nitrogens is 2. The number of benzene rings is 1. The highest BCUT2D eigenvalue weighted by Gasteiger charge is 2.14. The lowest BCUT2D eigenvalue weighted by Crippen LogP contribution is -2.00. The van der Waals surface area contributed by atoms with E-state index in [1.807, 2.05) is 47.0 Å². The molecule has 7 rings (SSSR count). The summed E-state index contributed by atoms with van der Waals surface area (Å²) in [6.07, 6.45) is 0. The third kappa shape index (κ3) is 5.21. The van der Waals surface area contributed by atoms with Crippen molar-refractivity contribution in [1.82, 2.24) is 9.97 Å². The summed E-state index contributed by atoms with van der Waals surface area (Å²) in [7, 11) is 0. The lowest BCUT2D eigenvalue weighted by atomic mass is 10.0. The molecule has 0 saturated heterocycles. The first kappa shape index (κ1) is 20.8. The predicted octanol–water partition coefficient (Wildman–Crippen LogP) is 6.84. The van der Waals surface area contributed by atoms with E-state index in [1.165, 1.54) is 45.0 Å². The molecule has 4 aliphatic rings. The van der Waals surface area contributed by atoms with Gasteiger partial charge in [-0.1, -0.05) is 24.3 Å². The Morgan fingerprint density at radius 1 is 0.433 bits per heavy atom. The van der Waals surface area contributed by atoms with Crippen LogP contribution in [0.1, 0.15) is 45.0 Å². The molecule has 4 aliphatic heterocycles. The van der Waals surface area contributed by atoms with Gasteiger partial charge in [0.25, 0.3) is 0 Å². The van der Waals surface area contributed by atoms with Crippen LogP contribution in [0.2, 0.25) is 0 Å². The summed E-state index contributed by atoms with van der Waals surface area (Å²) in [5.41, 5.74) is 10.8. The molecule has 8 bridgehead atoms. The normalized spacial score (nSPS) is 17.1. The molecule has 0 fully saturated rings. The highest BCUT2D eigenvalue weighted by molar-refractivity contribution is 7.98. The van der Waals surface area contributed by atoms with Crippen LogP contribution in [0.5, 0.6) is 0 Å². The van der Waals surface area contributed by atoms with Crippen molar-refractivity contribution >= 4 is 47.0 Å². The zero-order valence-corrected chi connectivity index (χ0v) is 20.1. The molecule has 0 amide bonds. The van der Waals surface area contributed by atoms with Crippen molar-refractivity contribution in [2.24, 2.45) is 0 Å². The highest BCUT2D eigenvalue weighted by Crippen LogP contribution is 2.33. The number of rotatable bonds is 0. The van der Waals surface area contributed by atoms with E-state index in [1.54, 1.807) is 0 Å². The van der Waals surface area contributed by atoms with E-state index >= 15 is 0 Å². The van der Waals surface area contributed by atoms with Crippen LogP contribution in [0.15, 0.2) is 48.5 Å². The minimum atomic E-state index is 0.979. The molecular weight excluding hydrogens is 445 g/mol. The molecule has 0 saturated carbocycles. The van der Waals surface area contributed by atoms with Gasteiger partial charge in [0.05, 0.1) is 22.8 Å². The number of pyridine rings is 2. The molecule has 0 atom stereocenters. The number of nitrogens with zero attached hydrogens (tertiary/aromatic N) is 2. The van der Waals surface area contributed by atoms with Gasteiger partial charge in [-0.3, -0.25) is 9.97 Å². The van der Waals surface area contributed by atoms with Crippen molar-refractivity contribution in [3.8, 4) is 0 Å². The van der Waals surface area contributed by atoms with Gasteiger partial charge in [-0.25, -0.2) is 0 Å². The molecule has 0 N–H and O–H groups in total. The summed E-state index contributed by atoms with van der Waals surface area (Å²) in [4.78, 5) is 9.73. The Kier molecular flexibility index (Phi) is 6.95. The van der Waals surface area contributed by atoms with Gasteiger partial charge in [0.2, 0.25) is 0 Å². The number of hydrogen-bond donors (Lipinski definition) is 0. The van der Waals surface area contributed by atoms with Gasteiger partial charge in [-0.15, -0.1) is 0 Å². The second-order valence-corrected chi connectivity index (χ2v) is 11.5. The van der Waals surface area contributed by atoms with E-state index in [4.69, 9.17) is 9.97 Å². The Bertz CT molecular complexity index is 885. The van der Waals surface area contributed by atoms with Crippen LogP contribution < -0.4 is 0 Å². The van der Waals surface area contributed by atoms with E-state index in [-0.39, 0.29) is 0 Å². The number of hydrogen-bond acceptors (Lipinski definition) is 6. The van der Waals surface area contributed by atoms with Gasteiger partial charge in [0.1, 0.15) is 0 Å². The van der Waals surface area contributed by atoms with Gasteiger partial charge in [0.15, 0.2) is 0 Å². The molecule has 154 valence electrons. The van der Waals surface area contributed by atoms with Crippen molar-refractivity contribution in [3.05, 3.63) is 93.6 Å². The lowest BCUT2D eigenvalue weighted by molar-refractivity contribution is 1.09. The fourth-order valence-corrected chi connectivity index (χ4v) is 7.61. The van der Waals surface area contributed by atoms with Crippen LogP contribution in [0.25, 0.3) is 0 Å². The van der Waals surface area contributed by atoms with Crippen molar-refractivity contribution < 1.29 is 0 Å². The summed E-state index contributed by atoms with van der Waals surface area (Å²) >= 11 is 7.96. The first-order valence-electron chi connectivity index (χ1n) is 10.2. The van der Waals surface area contributed by atoms with Crippen LogP contribution >= 0.6 is 47.0 Å². The molecule has 30 heavy (non-hydrogen) atoms. The third-order valence-corrected chi connectivity index (χ3v) is 9.34. The summed E-state index contributed by atoms with van der Waals surface area (Å²) in [5, 5.41) is 0. The molecule has 6 heterocycles. The standard InChI is InChI=1S/C24H24N2S4/c1-3-21-13-27-9-17-7-20-12-30-16-24-6-2-5-23(26-24)15-29-11-19(17)8-18(20)10-28-14-22(4-1)25-21/h1-8H,9-16H2. The maximum atomic E-state index is 4.87. The van der Waals surface area contributed by atoms with Crippen LogP contribution in [-0.4, -0.2) is 9.97 Å². The Morgan fingerprint density at radius 2 is 0.733 bits per heavy atom. The maximum absolute atomic E-state index is 4.87. The fourth-order valence-electron chi connectivity index (χ4n) is 3.77. The number of thioether (sulfide) groups is 4. The van der Waals surface area contributed by atoms with Gasteiger partial charge in [-0.2, -0.15) is 47.0 Å². The molecule has 0 radical (unpaired) electrons. The van der Waals surface area contributed by atoms with Crippen LogP contribution in [0.4, 0.5) is 0 Å². The van der Waals surface area contributed by atoms with E-state index in [0.29, 0.717) is 0 Å². The largest absolute Gasteiger partial charge is 0.256 e. The van der Waals surface area contributed by atoms with E-state index in [9.17, 15) is 0 Å². The SMILES string of the molecule is c1cc2nc(c1)CSCc1cc3c(cc1CSCc1cccc(n1)CSC3)CSC2. The first-order valence-corrected chi connectivity index (χ1v) is 14.8. The summed E-state index contributed by atoms with van der Waals surface area (Å²) in [6.45, 7) is 0. The Morgan fingerprint density at radius 3 is 1.03 bits per heavy atom. The highest BCUT2D eigenvalue weighted by atomic mass is 32.2. The smallest absolute Gasteiger partial charge is 0.0506 e. The van der Waals surface area contributed by atoms with Crippen LogP contribution in [0.3, 0.4) is 0 Å². The van der Waals surface area contributed by atoms with Gasteiger partial charge in [0, 0.05) is 46.0 Å². The zero-order valence-electron chi connectivity index (χ0n) is 16.8. The quantitative estimate of drug-likeness (QED) is 0.358. The topological polar surface area (TPSA) is 25.8 Å². The van der Waals surface area contributed by atoms with E-state index in [2.05, 4.69) is 48.5 Å². The van der Waals surface area contributed by atoms with Gasteiger partial charge >= 0.3 is 0 Å². The van der Waals surface area contributed by atoms with Crippen LogP contribution in [-0.2, 0) is 46.0 Å². The Labute approximate surface area is 195 Å². The van der Waals surface area contributed by atoms with E-state index < -0.39 is 0 Å². The third-order valence-electron chi connectivity index (χ3n) is 5.28. The minimum Gasteiger partial charge on any atom is -0.256 e. The minimum absolute atomic E-state index is 0.979. The van der Waals surface area contributed by atoms with Crippen molar-refractivity contribution in [2.45, 2.75) is 46.0 Å². The molecule has 0 aliphatic carbocycles. The summed E-state index contributed by atoms with van der Waals surface area (Å²) in [5.74, 6) is 8.13. The van der Waals surface area contributed by atoms with Crippen molar-refractivity contribution in [3.63, 3.8) is 0 Å². The average Bonchev–Trinajstić information content (AvgIpc) is 2.78. The predicted molar refractivity (Wildman–Crippen MR) is 135 cm³/mol. The fraction of sp³-hybridized carbons (Fsp3) is 0.333. The molecular formula is C24H24N2S4. The summed E-state index contributed by atoms with van der Waals surface area (Å²) < 4.78 is 0. The lowest BCUT2D eigenvalue weighted by Gasteiger charge is -2.16. The average molecular weight is 469 g/mol. The van der Waals surface area contributed by atoms with Gasteiger partial charge < -0.3 is 0 Å². The van der Waals surface area contributed by atoms with Gasteiger partial charge in [-0.05, 0) is 46.5 Å². The first-order chi connectivity index (χ1) is 14.8. The monoisotopic (exact) mass is 468 g/mol. The van der Waals surface area contributed by atoms with Crippen LogP contribution in [0, 0.1) is 0 Å². The molecule has 1 aromatic carbocycles. The molecule has 3 aromatic rings. The van der Waals surface area contributed by atoms with Crippen molar-refractivity contribution in [2.75, 3.05) is 0 Å². The molecule has 0 unspecified atom stereocenters. The molecule has 2 aromatic heterocycles. The summed E-state index contributed by atoms with van der Waals surface area (Å²) in [6, 6.07) is 18.0. The Balaban J connectivity index is 1.47. The van der Waals surface area contributed by atoms with E-state index in [0.717, 1.165) is 46.0 Å². The Hall–Kier alpha value is -1.08.